The molecule has 0 spiro atoms. The lowest BCUT2D eigenvalue weighted by Crippen LogP contribution is -2.22. The SMILES string of the molecule is COc1ccc(-c2cc(COC(=O)CCN=C3NS(=O)(=O)c4ccccc43)on2)cc1. The predicted octanol–water partition coefficient (Wildman–Crippen LogP) is 2.52. The summed E-state index contributed by atoms with van der Waals surface area (Å²) in [6.45, 7) is 0.0204. The predicted molar refractivity (Wildman–Crippen MR) is 111 cm³/mol. The first-order valence-electron chi connectivity index (χ1n) is 9.38. The lowest BCUT2D eigenvalue weighted by molar-refractivity contribution is -0.145. The minimum Gasteiger partial charge on any atom is -0.497 e. The maximum absolute atomic E-state index is 12.1. The summed E-state index contributed by atoms with van der Waals surface area (Å²) in [6.07, 6.45) is -0.00707. The van der Waals surface area contributed by atoms with Crippen LogP contribution in [0.5, 0.6) is 5.75 Å². The van der Waals surface area contributed by atoms with Crippen LogP contribution in [0.2, 0.25) is 0 Å². The molecule has 10 heteroatoms. The van der Waals surface area contributed by atoms with Crippen LogP contribution in [0.1, 0.15) is 17.7 Å². The first-order chi connectivity index (χ1) is 15.0. The third kappa shape index (κ3) is 4.58. The molecule has 0 saturated heterocycles. The van der Waals surface area contributed by atoms with Crippen molar-refractivity contribution in [2.24, 2.45) is 4.99 Å². The minimum atomic E-state index is -3.60. The summed E-state index contributed by atoms with van der Waals surface area (Å²) in [5.74, 6) is 0.880. The number of sulfonamides is 1. The number of benzene rings is 2. The molecule has 9 nitrogen and oxygen atoms in total. The van der Waals surface area contributed by atoms with Crippen LogP contribution in [-0.4, -0.2) is 39.0 Å². The van der Waals surface area contributed by atoms with E-state index >= 15 is 0 Å². The molecular formula is C21H19N3O6S. The molecule has 1 N–H and O–H groups in total. The number of ether oxygens (including phenoxy) is 2. The Morgan fingerprint density at radius 1 is 1.16 bits per heavy atom. The van der Waals surface area contributed by atoms with E-state index in [-0.39, 0.29) is 30.3 Å². The van der Waals surface area contributed by atoms with Gasteiger partial charge in [0.2, 0.25) is 0 Å². The molecular weight excluding hydrogens is 422 g/mol. The van der Waals surface area contributed by atoms with Crippen molar-refractivity contribution >= 4 is 21.8 Å². The highest BCUT2D eigenvalue weighted by Gasteiger charge is 2.29. The zero-order valence-electron chi connectivity index (χ0n) is 16.6. The third-order valence-corrected chi connectivity index (χ3v) is 5.97. The molecule has 3 aromatic rings. The number of amidine groups is 1. The summed E-state index contributed by atoms with van der Waals surface area (Å²) in [6, 6.07) is 15.6. The van der Waals surface area contributed by atoms with Gasteiger partial charge in [0.25, 0.3) is 10.0 Å². The second-order valence-electron chi connectivity index (χ2n) is 6.65. The van der Waals surface area contributed by atoms with E-state index in [2.05, 4.69) is 14.9 Å². The van der Waals surface area contributed by atoms with Crippen LogP contribution in [0.15, 0.2) is 69.0 Å². The van der Waals surface area contributed by atoms with Gasteiger partial charge >= 0.3 is 5.97 Å². The van der Waals surface area contributed by atoms with Gasteiger partial charge in [-0.1, -0.05) is 17.3 Å². The molecule has 1 aromatic heterocycles. The van der Waals surface area contributed by atoms with E-state index in [1.165, 1.54) is 6.07 Å². The van der Waals surface area contributed by atoms with Crippen LogP contribution in [0.25, 0.3) is 11.3 Å². The molecule has 0 unspecified atom stereocenters. The van der Waals surface area contributed by atoms with E-state index in [9.17, 15) is 13.2 Å². The molecule has 1 aliphatic rings. The van der Waals surface area contributed by atoms with Crippen molar-refractivity contribution in [2.75, 3.05) is 13.7 Å². The molecule has 0 aliphatic carbocycles. The van der Waals surface area contributed by atoms with Gasteiger partial charge in [0.15, 0.2) is 12.4 Å². The van der Waals surface area contributed by atoms with E-state index < -0.39 is 16.0 Å². The van der Waals surface area contributed by atoms with Gasteiger partial charge in [-0.3, -0.25) is 14.5 Å². The number of fused-ring (bicyclic) bond motifs is 1. The Balaban J connectivity index is 1.30. The summed E-state index contributed by atoms with van der Waals surface area (Å²) in [7, 11) is -2.01. The Morgan fingerprint density at radius 3 is 2.71 bits per heavy atom. The summed E-state index contributed by atoms with van der Waals surface area (Å²) in [5.41, 5.74) is 1.95. The zero-order chi connectivity index (χ0) is 21.8. The Hall–Kier alpha value is -3.66. The van der Waals surface area contributed by atoms with E-state index in [4.69, 9.17) is 14.0 Å². The first-order valence-corrected chi connectivity index (χ1v) is 10.9. The quantitative estimate of drug-likeness (QED) is 0.559. The number of methoxy groups -OCH3 is 1. The lowest BCUT2D eigenvalue weighted by Gasteiger charge is -2.02. The Morgan fingerprint density at radius 2 is 1.94 bits per heavy atom. The molecule has 31 heavy (non-hydrogen) atoms. The highest BCUT2D eigenvalue weighted by atomic mass is 32.2. The molecule has 0 fully saturated rings. The van der Waals surface area contributed by atoms with E-state index in [0.29, 0.717) is 17.0 Å². The summed E-state index contributed by atoms with van der Waals surface area (Å²) >= 11 is 0. The van der Waals surface area contributed by atoms with Gasteiger partial charge in [0, 0.05) is 17.2 Å². The number of aromatic nitrogens is 1. The van der Waals surface area contributed by atoms with Gasteiger partial charge in [-0.05, 0) is 36.4 Å². The number of aliphatic imine (C=N–C) groups is 1. The second kappa shape index (κ2) is 8.60. The fourth-order valence-corrected chi connectivity index (χ4v) is 4.26. The van der Waals surface area contributed by atoms with Gasteiger partial charge in [-0.25, -0.2) is 8.42 Å². The van der Waals surface area contributed by atoms with Crippen LogP contribution >= 0.6 is 0 Å². The van der Waals surface area contributed by atoms with Crippen molar-refractivity contribution in [3.63, 3.8) is 0 Å². The number of hydrogen-bond acceptors (Lipinski definition) is 8. The summed E-state index contributed by atoms with van der Waals surface area (Å²) in [5, 5.41) is 3.98. The minimum absolute atomic E-state index is 0.00707. The maximum atomic E-state index is 12.1. The fraction of sp³-hybridized carbons (Fsp3) is 0.190. The molecule has 4 rings (SSSR count). The van der Waals surface area contributed by atoms with E-state index in [1.807, 2.05) is 24.3 Å². The third-order valence-electron chi connectivity index (χ3n) is 4.57. The first kappa shape index (κ1) is 20.6. The van der Waals surface area contributed by atoms with Crippen molar-refractivity contribution in [3.05, 3.63) is 65.9 Å². The van der Waals surface area contributed by atoms with Crippen molar-refractivity contribution in [1.82, 2.24) is 9.88 Å². The van der Waals surface area contributed by atoms with E-state index in [1.54, 1.807) is 31.4 Å². The zero-order valence-corrected chi connectivity index (χ0v) is 17.4. The van der Waals surface area contributed by atoms with Gasteiger partial charge in [0.1, 0.15) is 17.3 Å². The van der Waals surface area contributed by atoms with E-state index in [0.717, 1.165) is 11.3 Å². The van der Waals surface area contributed by atoms with Crippen molar-refractivity contribution < 1.29 is 27.2 Å². The number of nitrogens with one attached hydrogen (secondary N) is 1. The van der Waals surface area contributed by atoms with Crippen molar-refractivity contribution in [3.8, 4) is 17.0 Å². The molecule has 0 radical (unpaired) electrons. The monoisotopic (exact) mass is 441 g/mol. The maximum Gasteiger partial charge on any atom is 0.308 e. The van der Waals surface area contributed by atoms with Gasteiger partial charge in [-0.15, -0.1) is 0 Å². The Labute approximate surface area is 178 Å². The lowest BCUT2D eigenvalue weighted by atomic mass is 10.1. The Bertz CT molecular complexity index is 1230. The summed E-state index contributed by atoms with van der Waals surface area (Å²) < 4.78 is 42.0. The van der Waals surface area contributed by atoms with Crippen molar-refractivity contribution in [2.45, 2.75) is 17.9 Å². The Kier molecular flexibility index (Phi) is 5.72. The van der Waals surface area contributed by atoms with Crippen LogP contribution in [0.3, 0.4) is 0 Å². The molecule has 2 heterocycles. The van der Waals surface area contributed by atoms with Crippen LogP contribution in [0, 0.1) is 0 Å². The average molecular weight is 441 g/mol. The van der Waals surface area contributed by atoms with Crippen molar-refractivity contribution in [1.29, 1.82) is 0 Å². The number of carbonyl (C=O) groups is 1. The van der Waals surface area contributed by atoms with Gasteiger partial charge in [0.05, 0.1) is 25.0 Å². The standard InChI is InChI=1S/C21H19N3O6S/c1-28-15-8-6-14(7-9-15)18-12-16(30-23-18)13-29-20(25)10-11-22-21-17-4-2-3-5-19(17)31(26,27)24-21/h2-9,12H,10-11,13H2,1H3,(H,22,24). The fourth-order valence-electron chi connectivity index (χ4n) is 3.01. The van der Waals surface area contributed by atoms with Crippen LogP contribution in [-0.2, 0) is 26.2 Å². The highest BCUT2D eigenvalue weighted by molar-refractivity contribution is 7.90. The molecule has 0 bridgehead atoms. The normalized spacial score (nSPS) is 15.3. The topological polar surface area (TPSA) is 120 Å². The molecule has 1 aliphatic heterocycles. The number of rotatable bonds is 7. The molecule has 0 saturated carbocycles. The molecule has 0 amide bonds. The highest BCUT2D eigenvalue weighted by Crippen LogP contribution is 2.23. The number of hydrogen-bond donors (Lipinski definition) is 1. The summed E-state index contributed by atoms with van der Waals surface area (Å²) in [4.78, 5) is 16.4. The van der Waals surface area contributed by atoms with Crippen LogP contribution < -0.4 is 9.46 Å². The molecule has 160 valence electrons. The number of esters is 1. The van der Waals surface area contributed by atoms with Gasteiger partial charge < -0.3 is 14.0 Å². The molecule has 0 atom stereocenters. The smallest absolute Gasteiger partial charge is 0.308 e. The van der Waals surface area contributed by atoms with Gasteiger partial charge in [-0.2, -0.15) is 0 Å². The number of nitrogens with zero attached hydrogens (tertiary/aromatic N) is 2. The number of carbonyl (C=O) groups excluding carboxylic acids is 1. The second-order valence-corrected chi connectivity index (χ2v) is 8.30. The average Bonchev–Trinajstić information content (AvgIpc) is 3.35. The molecule has 2 aromatic carbocycles. The van der Waals surface area contributed by atoms with Crippen LogP contribution in [0.4, 0.5) is 0 Å². The largest absolute Gasteiger partial charge is 0.497 e.